The summed E-state index contributed by atoms with van der Waals surface area (Å²) in [6, 6.07) is 9.20. The minimum Gasteiger partial charge on any atom is -0.493 e. The van der Waals surface area contributed by atoms with Gasteiger partial charge in [-0.15, -0.1) is 0 Å². The predicted octanol–water partition coefficient (Wildman–Crippen LogP) is 4.65. The third-order valence-corrected chi connectivity index (χ3v) is 9.41. The molecule has 1 heterocycles. The van der Waals surface area contributed by atoms with E-state index in [1.165, 1.54) is 20.3 Å². The molecule has 0 saturated heterocycles. The number of nitrogens with one attached hydrogen (secondary N) is 1. The van der Waals surface area contributed by atoms with Crippen LogP contribution >= 0.6 is 22.6 Å². The van der Waals surface area contributed by atoms with Crippen LogP contribution in [0.15, 0.2) is 52.5 Å². The number of ether oxygens (including phenoxy) is 3. The number of aldehydes is 1. The van der Waals surface area contributed by atoms with Crippen LogP contribution in [-0.2, 0) is 4.79 Å². The summed E-state index contributed by atoms with van der Waals surface area (Å²) in [6.45, 7) is -0.203. The van der Waals surface area contributed by atoms with E-state index in [1.54, 1.807) is 29.2 Å². The van der Waals surface area contributed by atoms with Crippen molar-refractivity contribution < 1.29 is 43.2 Å². The Bertz CT molecular complexity index is 1590. The summed E-state index contributed by atoms with van der Waals surface area (Å²) in [5.74, 6) is 0.359. The van der Waals surface area contributed by atoms with Gasteiger partial charge in [0.05, 0.1) is 30.4 Å². The number of halogens is 1. The summed E-state index contributed by atoms with van der Waals surface area (Å²) in [5.41, 5.74) is 1.15. The van der Waals surface area contributed by atoms with E-state index in [-0.39, 0.29) is 37.1 Å². The molecule has 2 amide bonds. The highest BCUT2D eigenvalue weighted by molar-refractivity contribution is 14.1. The monoisotopic (exact) mass is 746 g/mol. The van der Waals surface area contributed by atoms with E-state index in [2.05, 4.69) is 5.32 Å². The lowest BCUT2D eigenvalue weighted by Gasteiger charge is -2.43. The number of furan rings is 1. The number of aliphatic hydroxyl groups is 2. The third kappa shape index (κ3) is 7.18. The van der Waals surface area contributed by atoms with E-state index in [0.717, 1.165) is 38.5 Å². The number of carbonyl (C=O) groups is 3. The fourth-order valence-corrected chi connectivity index (χ4v) is 7.11. The Labute approximate surface area is 281 Å². The number of fused-ring (bicyclic) bond motifs is 1. The van der Waals surface area contributed by atoms with Crippen LogP contribution in [0.4, 0.5) is 0 Å². The molecular formula is C34H39IN2O9. The van der Waals surface area contributed by atoms with Crippen LogP contribution in [0.5, 0.6) is 17.2 Å². The number of amides is 2. The molecule has 1 saturated carbocycles. The van der Waals surface area contributed by atoms with Crippen molar-refractivity contribution in [3.05, 3.63) is 62.9 Å². The average Bonchev–Trinajstić information content (AvgIpc) is 3.34. The Morgan fingerprint density at radius 3 is 2.50 bits per heavy atom. The molecule has 0 radical (unpaired) electrons. The number of hydrogen-bond acceptors (Lipinski definition) is 9. The van der Waals surface area contributed by atoms with Gasteiger partial charge in [0.15, 0.2) is 28.6 Å². The van der Waals surface area contributed by atoms with Crippen molar-refractivity contribution >= 4 is 51.7 Å². The second-order valence-corrected chi connectivity index (χ2v) is 12.7. The van der Waals surface area contributed by atoms with Crippen molar-refractivity contribution in [3.63, 3.8) is 0 Å². The molecule has 11 nitrogen and oxygen atoms in total. The molecule has 5 rings (SSSR count). The van der Waals surface area contributed by atoms with Gasteiger partial charge in [0, 0.05) is 35.5 Å². The number of benzene rings is 2. The molecule has 0 bridgehead atoms. The molecule has 2 aromatic carbocycles. The molecule has 12 heteroatoms. The first-order valence-electron chi connectivity index (χ1n) is 15.5. The van der Waals surface area contributed by atoms with Crippen LogP contribution in [0.2, 0.25) is 0 Å². The minimum atomic E-state index is -1.24. The maximum absolute atomic E-state index is 14.5. The van der Waals surface area contributed by atoms with Gasteiger partial charge in [0.1, 0.15) is 18.5 Å². The zero-order valence-corrected chi connectivity index (χ0v) is 28.0. The lowest BCUT2D eigenvalue weighted by atomic mass is 9.86. The average molecular weight is 747 g/mol. The molecule has 246 valence electrons. The molecule has 1 aromatic heterocycles. The molecule has 3 aromatic rings. The summed E-state index contributed by atoms with van der Waals surface area (Å²) < 4.78 is 24.0. The maximum atomic E-state index is 14.5. The molecule has 3 N–H and O–H groups in total. The fourth-order valence-electron chi connectivity index (χ4n) is 6.36. The van der Waals surface area contributed by atoms with Gasteiger partial charge in [-0.25, -0.2) is 0 Å². The third-order valence-electron chi connectivity index (χ3n) is 8.60. The van der Waals surface area contributed by atoms with E-state index in [0.29, 0.717) is 43.5 Å². The molecular weight excluding hydrogens is 707 g/mol. The highest BCUT2D eigenvalue weighted by atomic mass is 127. The van der Waals surface area contributed by atoms with Gasteiger partial charge in [-0.05, 0) is 65.8 Å². The SMILES string of the molecule is COc1cc(C=O)cc(I)c1OC1C=C(C(=O)NCCO)CC(N(C(=O)c2cc3cccc(OC)c3o2)C2CCCCCC2)C1O. The summed E-state index contributed by atoms with van der Waals surface area (Å²) in [4.78, 5) is 41.1. The topological polar surface area (TPSA) is 148 Å². The zero-order chi connectivity index (χ0) is 32.8. The van der Waals surface area contributed by atoms with Crippen molar-refractivity contribution in [2.24, 2.45) is 0 Å². The normalized spacial score (nSPS) is 20.4. The highest BCUT2D eigenvalue weighted by Gasteiger charge is 2.44. The Balaban J connectivity index is 1.58. The van der Waals surface area contributed by atoms with Crippen molar-refractivity contribution in [2.75, 3.05) is 27.4 Å². The first-order valence-corrected chi connectivity index (χ1v) is 16.5. The van der Waals surface area contributed by atoms with Crippen LogP contribution in [-0.4, -0.2) is 84.9 Å². The molecule has 3 unspecified atom stereocenters. The Hall–Kier alpha value is -3.62. The van der Waals surface area contributed by atoms with Gasteiger partial charge in [-0.1, -0.05) is 37.8 Å². The second kappa shape index (κ2) is 15.3. The van der Waals surface area contributed by atoms with Gasteiger partial charge < -0.3 is 39.1 Å². The van der Waals surface area contributed by atoms with E-state index in [9.17, 15) is 24.6 Å². The fraction of sp³-hybridized carbons (Fsp3) is 0.441. The van der Waals surface area contributed by atoms with Crippen LogP contribution in [0, 0.1) is 3.57 Å². The lowest BCUT2D eigenvalue weighted by Crippen LogP contribution is -2.58. The summed E-state index contributed by atoms with van der Waals surface area (Å²) in [7, 11) is 2.98. The number of hydrogen-bond donors (Lipinski definition) is 3. The van der Waals surface area contributed by atoms with Gasteiger partial charge in [-0.2, -0.15) is 0 Å². The number of nitrogens with zero attached hydrogens (tertiary/aromatic N) is 1. The van der Waals surface area contributed by atoms with Gasteiger partial charge >= 0.3 is 0 Å². The van der Waals surface area contributed by atoms with Crippen molar-refractivity contribution in [1.29, 1.82) is 0 Å². The predicted molar refractivity (Wildman–Crippen MR) is 179 cm³/mol. The van der Waals surface area contributed by atoms with Crippen molar-refractivity contribution in [3.8, 4) is 17.2 Å². The zero-order valence-electron chi connectivity index (χ0n) is 25.9. The Kier molecular flexibility index (Phi) is 11.2. The largest absolute Gasteiger partial charge is 0.493 e. The van der Waals surface area contributed by atoms with Crippen LogP contribution in [0.3, 0.4) is 0 Å². The Morgan fingerprint density at radius 2 is 1.83 bits per heavy atom. The van der Waals surface area contributed by atoms with E-state index in [1.807, 2.05) is 34.7 Å². The molecule has 0 aliphatic heterocycles. The quantitative estimate of drug-likeness (QED) is 0.145. The van der Waals surface area contributed by atoms with Crippen LogP contribution < -0.4 is 19.5 Å². The standard InChI is InChI=1S/C34H39IN2O9/c1-43-26-11-7-8-21-17-29(46-31(21)26)34(42)37(23-9-5-3-4-6-10-23)25-16-22(33(41)36-12-13-38)18-27(30(25)40)45-32-24(35)14-20(19-39)15-28(32)44-2/h7-8,11,14-15,17-19,23,25,27,30,38,40H,3-6,9-10,12-13,16H2,1-2H3,(H,36,41). The number of carbonyl (C=O) groups excluding carboxylic acids is 3. The number of rotatable bonds is 11. The van der Waals surface area contributed by atoms with Crippen LogP contribution in [0.25, 0.3) is 11.0 Å². The number of para-hydroxylation sites is 1. The maximum Gasteiger partial charge on any atom is 0.290 e. The van der Waals surface area contributed by atoms with Gasteiger partial charge in [0.25, 0.3) is 5.91 Å². The molecule has 2 aliphatic rings. The summed E-state index contributed by atoms with van der Waals surface area (Å²) >= 11 is 2.03. The smallest absolute Gasteiger partial charge is 0.290 e. The summed E-state index contributed by atoms with van der Waals surface area (Å²) in [5, 5.41) is 24.8. The molecule has 3 atom stereocenters. The van der Waals surface area contributed by atoms with E-state index < -0.39 is 30.1 Å². The Morgan fingerprint density at radius 1 is 1.09 bits per heavy atom. The molecule has 0 spiro atoms. The lowest BCUT2D eigenvalue weighted by molar-refractivity contribution is -0.118. The van der Waals surface area contributed by atoms with Crippen LogP contribution in [0.1, 0.15) is 65.9 Å². The second-order valence-electron chi connectivity index (χ2n) is 11.5. The van der Waals surface area contributed by atoms with Gasteiger partial charge in [-0.3, -0.25) is 14.4 Å². The minimum absolute atomic E-state index is 0.0416. The van der Waals surface area contributed by atoms with Crippen molar-refractivity contribution in [2.45, 2.75) is 69.2 Å². The molecule has 2 aliphatic carbocycles. The van der Waals surface area contributed by atoms with E-state index in [4.69, 9.17) is 18.6 Å². The van der Waals surface area contributed by atoms with E-state index >= 15 is 0 Å². The highest BCUT2D eigenvalue weighted by Crippen LogP contribution is 2.39. The number of methoxy groups -OCH3 is 2. The first kappa shape index (κ1) is 33.7. The summed E-state index contributed by atoms with van der Waals surface area (Å²) in [6.07, 6.45) is 5.41. The van der Waals surface area contributed by atoms with Gasteiger partial charge in [0.2, 0.25) is 5.91 Å². The van der Waals surface area contributed by atoms with Crippen molar-refractivity contribution in [1.82, 2.24) is 10.2 Å². The first-order chi connectivity index (χ1) is 22.3. The molecule has 1 fully saturated rings. The number of aliphatic hydroxyl groups excluding tert-OH is 2. The molecule has 46 heavy (non-hydrogen) atoms.